The third-order valence-electron chi connectivity index (χ3n) is 2.60. The first kappa shape index (κ1) is 11.1. The normalized spacial score (nSPS) is 15.1. The van der Waals surface area contributed by atoms with Gasteiger partial charge in [0.25, 0.3) is 0 Å². The monoisotopic (exact) mass is 196 g/mol. The fourth-order valence-corrected chi connectivity index (χ4v) is 1.57. The number of halogens is 1. The van der Waals surface area contributed by atoms with Crippen LogP contribution in [0.1, 0.15) is 24.9 Å². The molecule has 0 amide bonds. The van der Waals surface area contributed by atoms with Crippen LogP contribution in [-0.4, -0.2) is 6.54 Å². The summed E-state index contributed by atoms with van der Waals surface area (Å²) in [6.45, 7) is 2.50. The summed E-state index contributed by atoms with van der Waals surface area (Å²) >= 11 is 0. The van der Waals surface area contributed by atoms with Crippen LogP contribution in [0.15, 0.2) is 24.3 Å². The SMILES string of the molecule is CCC(CN)C(N)c1ccccc1F. The largest absolute Gasteiger partial charge is 0.330 e. The van der Waals surface area contributed by atoms with E-state index in [1.54, 1.807) is 18.2 Å². The van der Waals surface area contributed by atoms with Gasteiger partial charge in [0, 0.05) is 11.6 Å². The zero-order chi connectivity index (χ0) is 10.6. The van der Waals surface area contributed by atoms with Crippen molar-refractivity contribution >= 4 is 0 Å². The molecule has 2 unspecified atom stereocenters. The van der Waals surface area contributed by atoms with E-state index in [2.05, 4.69) is 0 Å². The Morgan fingerprint density at radius 3 is 2.50 bits per heavy atom. The second-order valence-electron chi connectivity index (χ2n) is 3.45. The molecule has 2 nitrogen and oxygen atoms in total. The summed E-state index contributed by atoms with van der Waals surface area (Å²) in [5.74, 6) is -0.0983. The lowest BCUT2D eigenvalue weighted by molar-refractivity contribution is 0.414. The van der Waals surface area contributed by atoms with Crippen molar-refractivity contribution in [2.24, 2.45) is 17.4 Å². The van der Waals surface area contributed by atoms with Gasteiger partial charge in [-0.15, -0.1) is 0 Å². The average molecular weight is 196 g/mol. The summed E-state index contributed by atoms with van der Waals surface area (Å²) in [7, 11) is 0. The molecular formula is C11H17FN2. The Kier molecular flexibility index (Phi) is 4.04. The van der Waals surface area contributed by atoms with E-state index >= 15 is 0 Å². The lowest BCUT2D eigenvalue weighted by Gasteiger charge is -2.21. The van der Waals surface area contributed by atoms with Crippen LogP contribution in [0, 0.1) is 11.7 Å². The van der Waals surface area contributed by atoms with Crippen molar-refractivity contribution in [1.82, 2.24) is 0 Å². The van der Waals surface area contributed by atoms with Crippen molar-refractivity contribution in [3.63, 3.8) is 0 Å². The standard InChI is InChI=1S/C11H17FN2/c1-2-8(7-13)11(14)9-5-3-4-6-10(9)12/h3-6,8,11H,2,7,13-14H2,1H3. The molecule has 3 heteroatoms. The van der Waals surface area contributed by atoms with Crippen molar-refractivity contribution in [2.45, 2.75) is 19.4 Å². The Hall–Kier alpha value is -0.930. The molecule has 0 aliphatic carbocycles. The molecule has 0 aliphatic rings. The quantitative estimate of drug-likeness (QED) is 0.771. The summed E-state index contributed by atoms with van der Waals surface area (Å²) < 4.78 is 13.4. The maximum absolute atomic E-state index is 13.4. The molecule has 0 bridgehead atoms. The van der Waals surface area contributed by atoms with Gasteiger partial charge in [-0.05, 0) is 18.5 Å². The fourth-order valence-electron chi connectivity index (χ4n) is 1.57. The van der Waals surface area contributed by atoms with Gasteiger partial charge < -0.3 is 11.5 Å². The molecule has 0 aromatic heterocycles. The molecular weight excluding hydrogens is 179 g/mol. The summed E-state index contributed by atoms with van der Waals surface area (Å²) in [4.78, 5) is 0. The van der Waals surface area contributed by atoms with Gasteiger partial charge >= 0.3 is 0 Å². The summed E-state index contributed by atoms with van der Waals surface area (Å²) in [5.41, 5.74) is 12.1. The molecule has 0 fully saturated rings. The van der Waals surface area contributed by atoms with Gasteiger partial charge in [-0.3, -0.25) is 0 Å². The highest BCUT2D eigenvalue weighted by atomic mass is 19.1. The van der Waals surface area contributed by atoms with E-state index in [1.807, 2.05) is 6.92 Å². The predicted molar refractivity (Wildman–Crippen MR) is 56.2 cm³/mol. The number of rotatable bonds is 4. The summed E-state index contributed by atoms with van der Waals surface area (Å²) in [6, 6.07) is 6.30. The van der Waals surface area contributed by atoms with Gasteiger partial charge in [0.15, 0.2) is 0 Å². The fraction of sp³-hybridized carbons (Fsp3) is 0.455. The molecule has 0 saturated heterocycles. The molecule has 0 aliphatic heterocycles. The molecule has 1 rings (SSSR count). The molecule has 14 heavy (non-hydrogen) atoms. The second kappa shape index (κ2) is 5.08. The Morgan fingerprint density at radius 2 is 2.00 bits per heavy atom. The van der Waals surface area contributed by atoms with Crippen LogP contribution < -0.4 is 11.5 Å². The maximum Gasteiger partial charge on any atom is 0.127 e. The van der Waals surface area contributed by atoms with Gasteiger partial charge in [0.2, 0.25) is 0 Å². The molecule has 0 saturated carbocycles. The molecule has 0 spiro atoms. The highest BCUT2D eigenvalue weighted by molar-refractivity contribution is 5.21. The minimum Gasteiger partial charge on any atom is -0.330 e. The lowest BCUT2D eigenvalue weighted by atomic mass is 9.91. The number of hydrogen-bond donors (Lipinski definition) is 2. The van der Waals surface area contributed by atoms with Gasteiger partial charge in [-0.2, -0.15) is 0 Å². The van der Waals surface area contributed by atoms with E-state index in [4.69, 9.17) is 11.5 Å². The van der Waals surface area contributed by atoms with Crippen molar-refractivity contribution in [3.05, 3.63) is 35.6 Å². The van der Waals surface area contributed by atoms with Crippen LogP contribution in [0.4, 0.5) is 4.39 Å². The Labute approximate surface area is 84.1 Å². The minimum absolute atomic E-state index is 0.145. The minimum atomic E-state index is -0.300. The topological polar surface area (TPSA) is 52.0 Å². The Morgan fingerprint density at radius 1 is 1.36 bits per heavy atom. The smallest absolute Gasteiger partial charge is 0.127 e. The second-order valence-corrected chi connectivity index (χ2v) is 3.45. The third kappa shape index (κ3) is 2.30. The first-order valence-electron chi connectivity index (χ1n) is 4.90. The van der Waals surface area contributed by atoms with Crippen LogP contribution in [0.3, 0.4) is 0 Å². The van der Waals surface area contributed by atoms with E-state index in [1.165, 1.54) is 6.07 Å². The molecule has 1 aromatic rings. The molecule has 0 heterocycles. The zero-order valence-electron chi connectivity index (χ0n) is 8.41. The first-order chi connectivity index (χ1) is 6.70. The zero-order valence-corrected chi connectivity index (χ0v) is 8.41. The van der Waals surface area contributed by atoms with Crippen LogP contribution in [0.2, 0.25) is 0 Å². The van der Waals surface area contributed by atoms with Crippen molar-refractivity contribution < 1.29 is 4.39 Å². The van der Waals surface area contributed by atoms with Crippen LogP contribution in [0.5, 0.6) is 0 Å². The molecule has 0 radical (unpaired) electrons. The van der Waals surface area contributed by atoms with Gasteiger partial charge in [0.05, 0.1) is 0 Å². The van der Waals surface area contributed by atoms with Crippen molar-refractivity contribution in [2.75, 3.05) is 6.54 Å². The summed E-state index contributed by atoms with van der Waals surface area (Å²) in [6.07, 6.45) is 0.867. The maximum atomic E-state index is 13.4. The Balaban J connectivity index is 2.88. The lowest BCUT2D eigenvalue weighted by Crippen LogP contribution is -2.28. The van der Waals surface area contributed by atoms with Crippen LogP contribution in [-0.2, 0) is 0 Å². The predicted octanol–water partition coefficient (Wildman–Crippen LogP) is 1.81. The average Bonchev–Trinajstić information content (AvgIpc) is 2.20. The highest BCUT2D eigenvalue weighted by Crippen LogP contribution is 2.23. The van der Waals surface area contributed by atoms with E-state index in [-0.39, 0.29) is 17.8 Å². The van der Waals surface area contributed by atoms with E-state index < -0.39 is 0 Å². The van der Waals surface area contributed by atoms with Crippen molar-refractivity contribution in [1.29, 1.82) is 0 Å². The molecule has 4 N–H and O–H groups in total. The highest BCUT2D eigenvalue weighted by Gasteiger charge is 2.18. The number of benzene rings is 1. The molecule has 1 aromatic carbocycles. The number of nitrogens with two attached hydrogens (primary N) is 2. The van der Waals surface area contributed by atoms with Crippen LogP contribution in [0.25, 0.3) is 0 Å². The molecule has 2 atom stereocenters. The van der Waals surface area contributed by atoms with Gasteiger partial charge in [0.1, 0.15) is 5.82 Å². The van der Waals surface area contributed by atoms with E-state index in [0.29, 0.717) is 12.1 Å². The first-order valence-corrected chi connectivity index (χ1v) is 4.90. The van der Waals surface area contributed by atoms with Crippen LogP contribution >= 0.6 is 0 Å². The van der Waals surface area contributed by atoms with E-state index in [9.17, 15) is 4.39 Å². The van der Waals surface area contributed by atoms with Gasteiger partial charge in [-0.1, -0.05) is 31.5 Å². The third-order valence-corrected chi connectivity index (χ3v) is 2.60. The summed E-state index contributed by atoms with van der Waals surface area (Å²) in [5, 5.41) is 0. The van der Waals surface area contributed by atoms with Crippen molar-refractivity contribution in [3.8, 4) is 0 Å². The van der Waals surface area contributed by atoms with Gasteiger partial charge in [-0.25, -0.2) is 4.39 Å². The molecule has 78 valence electrons. The number of hydrogen-bond acceptors (Lipinski definition) is 2. The van der Waals surface area contributed by atoms with E-state index in [0.717, 1.165) is 6.42 Å². The Bertz CT molecular complexity index is 284.